The molecule has 6 heteroatoms. The van der Waals surface area contributed by atoms with Crippen molar-refractivity contribution in [2.75, 3.05) is 50.5 Å². The Balaban J connectivity index is 2.77. The third kappa shape index (κ3) is 4.95. The molecule has 5 nitrogen and oxygen atoms in total. The van der Waals surface area contributed by atoms with Crippen LogP contribution < -0.4 is 10.2 Å². The first kappa shape index (κ1) is 16.2. The number of rotatable bonds is 8. The minimum atomic E-state index is 0.849. The van der Waals surface area contributed by atoms with E-state index in [9.17, 15) is 0 Å². The molecule has 1 aromatic rings. The Morgan fingerprint density at radius 3 is 2.53 bits per heavy atom. The van der Waals surface area contributed by atoms with Gasteiger partial charge in [0, 0.05) is 19.6 Å². The van der Waals surface area contributed by atoms with Crippen molar-refractivity contribution < 1.29 is 0 Å². The predicted octanol–water partition coefficient (Wildman–Crippen LogP) is 2.45. The molecule has 0 aromatic carbocycles. The maximum absolute atomic E-state index is 4.40. The fourth-order valence-electron chi connectivity index (χ4n) is 1.86. The molecule has 0 saturated heterocycles. The topological polar surface area (TPSA) is 44.3 Å². The molecular formula is C13H24BrN5. The van der Waals surface area contributed by atoms with E-state index >= 15 is 0 Å². The van der Waals surface area contributed by atoms with Crippen molar-refractivity contribution in [3.63, 3.8) is 0 Å². The molecule has 0 spiro atoms. The normalized spacial score (nSPS) is 10.8. The van der Waals surface area contributed by atoms with Gasteiger partial charge in [0.2, 0.25) is 0 Å². The third-order valence-corrected chi connectivity index (χ3v) is 3.56. The number of nitrogens with zero attached hydrogens (tertiary/aromatic N) is 4. The predicted molar refractivity (Wildman–Crippen MR) is 85.0 cm³/mol. The molecule has 19 heavy (non-hydrogen) atoms. The van der Waals surface area contributed by atoms with E-state index in [0.717, 1.165) is 48.7 Å². The molecule has 0 aliphatic heterocycles. The number of hydrogen-bond acceptors (Lipinski definition) is 5. The zero-order valence-corrected chi connectivity index (χ0v) is 13.9. The van der Waals surface area contributed by atoms with Crippen molar-refractivity contribution >= 4 is 27.6 Å². The minimum Gasteiger partial charge on any atom is -0.369 e. The summed E-state index contributed by atoms with van der Waals surface area (Å²) in [4.78, 5) is 13.1. The SMILES string of the molecule is CCNc1ncnc(N(CC)CCCN(C)C)c1Br. The highest BCUT2D eigenvalue weighted by Crippen LogP contribution is 2.29. The van der Waals surface area contributed by atoms with Crippen molar-refractivity contribution in [3.8, 4) is 0 Å². The third-order valence-electron chi connectivity index (χ3n) is 2.83. The van der Waals surface area contributed by atoms with Crippen molar-refractivity contribution in [1.29, 1.82) is 0 Å². The summed E-state index contributed by atoms with van der Waals surface area (Å²) in [6, 6.07) is 0. The maximum Gasteiger partial charge on any atom is 0.148 e. The summed E-state index contributed by atoms with van der Waals surface area (Å²) in [6.07, 6.45) is 2.74. The van der Waals surface area contributed by atoms with Gasteiger partial charge in [0.15, 0.2) is 0 Å². The van der Waals surface area contributed by atoms with Crippen LogP contribution in [0.2, 0.25) is 0 Å². The van der Waals surface area contributed by atoms with E-state index in [1.807, 2.05) is 0 Å². The quantitative estimate of drug-likeness (QED) is 0.793. The van der Waals surface area contributed by atoms with Crippen molar-refractivity contribution in [1.82, 2.24) is 14.9 Å². The van der Waals surface area contributed by atoms with Gasteiger partial charge in [0.05, 0.1) is 0 Å². The summed E-state index contributed by atoms with van der Waals surface area (Å²) in [5.41, 5.74) is 0. The molecule has 1 N–H and O–H groups in total. The Labute approximate surface area is 124 Å². The summed E-state index contributed by atoms with van der Waals surface area (Å²) in [7, 11) is 4.19. The van der Waals surface area contributed by atoms with Gasteiger partial charge < -0.3 is 15.1 Å². The molecule has 0 fully saturated rings. The molecule has 0 amide bonds. The van der Waals surface area contributed by atoms with Crippen molar-refractivity contribution in [3.05, 3.63) is 10.8 Å². The molecule has 1 rings (SSSR count). The second-order valence-electron chi connectivity index (χ2n) is 4.63. The lowest BCUT2D eigenvalue weighted by Gasteiger charge is -2.24. The van der Waals surface area contributed by atoms with E-state index in [1.165, 1.54) is 0 Å². The van der Waals surface area contributed by atoms with E-state index in [4.69, 9.17) is 0 Å². The summed E-state index contributed by atoms with van der Waals surface area (Å²) in [6.45, 7) is 8.07. The van der Waals surface area contributed by atoms with Crippen LogP contribution >= 0.6 is 15.9 Å². The van der Waals surface area contributed by atoms with Crippen molar-refractivity contribution in [2.45, 2.75) is 20.3 Å². The number of nitrogens with one attached hydrogen (secondary N) is 1. The lowest BCUT2D eigenvalue weighted by Crippen LogP contribution is -2.28. The second kappa shape index (κ2) is 8.32. The number of hydrogen-bond donors (Lipinski definition) is 1. The maximum atomic E-state index is 4.40. The van der Waals surface area contributed by atoms with Gasteiger partial charge in [-0.05, 0) is 56.8 Å². The molecule has 1 aromatic heterocycles. The van der Waals surface area contributed by atoms with E-state index in [1.54, 1.807) is 6.33 Å². The number of aromatic nitrogens is 2. The molecule has 108 valence electrons. The van der Waals surface area contributed by atoms with Crippen LogP contribution in [-0.4, -0.2) is 55.1 Å². The van der Waals surface area contributed by atoms with Crippen LogP contribution in [0.1, 0.15) is 20.3 Å². The Kier molecular flexibility index (Phi) is 7.09. The van der Waals surface area contributed by atoms with Gasteiger partial charge in [-0.25, -0.2) is 9.97 Å². The van der Waals surface area contributed by atoms with E-state index in [0.29, 0.717) is 0 Å². The highest BCUT2D eigenvalue weighted by atomic mass is 79.9. The van der Waals surface area contributed by atoms with Gasteiger partial charge in [0.1, 0.15) is 22.4 Å². The first-order valence-corrected chi connectivity index (χ1v) is 7.53. The smallest absolute Gasteiger partial charge is 0.148 e. The van der Waals surface area contributed by atoms with E-state index in [-0.39, 0.29) is 0 Å². The van der Waals surface area contributed by atoms with E-state index < -0.39 is 0 Å². The van der Waals surface area contributed by atoms with Crippen LogP contribution in [-0.2, 0) is 0 Å². The lowest BCUT2D eigenvalue weighted by atomic mass is 10.3. The first-order chi connectivity index (χ1) is 9.10. The molecule has 0 aliphatic rings. The fourth-order valence-corrected chi connectivity index (χ4v) is 2.46. The van der Waals surface area contributed by atoms with Gasteiger partial charge in [0.25, 0.3) is 0 Å². The minimum absolute atomic E-state index is 0.849. The molecule has 1 heterocycles. The van der Waals surface area contributed by atoms with Gasteiger partial charge in [-0.2, -0.15) is 0 Å². The molecule has 0 bridgehead atoms. The standard InChI is InChI=1S/C13H24BrN5/c1-5-15-12-11(14)13(17-10-16-12)19(6-2)9-7-8-18(3)4/h10H,5-9H2,1-4H3,(H,15,16,17). The molecule has 0 aliphatic carbocycles. The average Bonchev–Trinajstić information content (AvgIpc) is 2.38. The largest absolute Gasteiger partial charge is 0.369 e. The highest BCUT2D eigenvalue weighted by Gasteiger charge is 2.13. The number of halogens is 1. The van der Waals surface area contributed by atoms with Gasteiger partial charge in [-0.15, -0.1) is 0 Å². The first-order valence-electron chi connectivity index (χ1n) is 6.74. The van der Waals surface area contributed by atoms with Crippen LogP contribution in [0.25, 0.3) is 0 Å². The second-order valence-corrected chi connectivity index (χ2v) is 5.42. The number of anilines is 2. The zero-order chi connectivity index (χ0) is 14.3. The molecule has 0 atom stereocenters. The summed E-state index contributed by atoms with van der Waals surface area (Å²) < 4.78 is 0.948. The Hall–Kier alpha value is -0.880. The zero-order valence-electron chi connectivity index (χ0n) is 12.3. The van der Waals surface area contributed by atoms with Crippen LogP contribution in [0.4, 0.5) is 11.6 Å². The highest BCUT2D eigenvalue weighted by molar-refractivity contribution is 9.10. The van der Waals surface area contributed by atoms with E-state index in [2.05, 4.69) is 69.0 Å². The van der Waals surface area contributed by atoms with Crippen LogP contribution in [0.15, 0.2) is 10.8 Å². The summed E-state index contributed by atoms with van der Waals surface area (Å²) in [5.74, 6) is 1.82. The molecule has 0 unspecified atom stereocenters. The molecular weight excluding hydrogens is 306 g/mol. The molecule has 0 saturated carbocycles. The Morgan fingerprint density at radius 1 is 1.21 bits per heavy atom. The van der Waals surface area contributed by atoms with Crippen LogP contribution in [0.5, 0.6) is 0 Å². The van der Waals surface area contributed by atoms with Crippen molar-refractivity contribution in [2.24, 2.45) is 0 Å². The summed E-state index contributed by atoms with van der Waals surface area (Å²) in [5, 5.41) is 3.24. The summed E-state index contributed by atoms with van der Waals surface area (Å²) >= 11 is 3.60. The van der Waals surface area contributed by atoms with Crippen LogP contribution in [0.3, 0.4) is 0 Å². The van der Waals surface area contributed by atoms with Gasteiger partial charge in [-0.3, -0.25) is 0 Å². The Bertz CT molecular complexity index is 383. The Morgan fingerprint density at radius 2 is 1.95 bits per heavy atom. The van der Waals surface area contributed by atoms with Gasteiger partial charge in [-0.1, -0.05) is 0 Å². The molecule has 0 radical (unpaired) electrons. The average molecular weight is 330 g/mol. The van der Waals surface area contributed by atoms with Crippen LogP contribution in [0, 0.1) is 0 Å². The fraction of sp³-hybridized carbons (Fsp3) is 0.692. The lowest BCUT2D eigenvalue weighted by molar-refractivity contribution is 0.400. The van der Waals surface area contributed by atoms with Gasteiger partial charge >= 0.3 is 0 Å². The monoisotopic (exact) mass is 329 g/mol.